The maximum absolute atomic E-state index is 9.86. The van der Waals surface area contributed by atoms with Crippen LogP contribution in [0.2, 0.25) is 0 Å². The fourth-order valence-corrected chi connectivity index (χ4v) is 1.48. The normalized spacial score (nSPS) is 36.3. The van der Waals surface area contributed by atoms with Crippen LogP contribution in [0.1, 0.15) is 33.1 Å². The average Bonchev–Trinajstić information content (AvgIpc) is 2.10. The van der Waals surface area contributed by atoms with E-state index in [1.165, 1.54) is 0 Å². The fraction of sp³-hybridized carbons (Fsp3) is 0.778. The van der Waals surface area contributed by atoms with Gasteiger partial charge in [-0.1, -0.05) is 13.0 Å². The van der Waals surface area contributed by atoms with Crippen molar-refractivity contribution in [2.45, 2.75) is 44.8 Å². The van der Waals surface area contributed by atoms with Crippen LogP contribution in [0.5, 0.6) is 0 Å². The van der Waals surface area contributed by atoms with Crippen LogP contribution in [0.4, 0.5) is 0 Å². The van der Waals surface area contributed by atoms with E-state index in [-0.39, 0.29) is 6.10 Å². The van der Waals surface area contributed by atoms with E-state index in [1.54, 1.807) is 0 Å². The Bertz CT molecular complexity index is 188. The number of aliphatic hydroxyl groups is 1. The smallest absolute Gasteiger partial charge is 0.116 e. The number of hydrogen-bond acceptors (Lipinski definition) is 3. The maximum Gasteiger partial charge on any atom is 0.116 e. The summed E-state index contributed by atoms with van der Waals surface area (Å²) in [4.78, 5) is 4.27. The third-order valence-corrected chi connectivity index (χ3v) is 2.66. The molecule has 2 atom stereocenters. The predicted octanol–water partition coefficient (Wildman–Crippen LogP) is 1.73. The van der Waals surface area contributed by atoms with Crippen molar-refractivity contribution in [3.05, 3.63) is 11.6 Å². The first-order valence-corrected chi connectivity index (χ1v) is 4.30. The van der Waals surface area contributed by atoms with E-state index in [9.17, 15) is 5.11 Å². The van der Waals surface area contributed by atoms with E-state index in [0.29, 0.717) is 19.3 Å². The van der Waals surface area contributed by atoms with Gasteiger partial charge in [-0.15, -0.1) is 0 Å². The molecule has 12 heavy (non-hydrogen) atoms. The lowest BCUT2D eigenvalue weighted by Gasteiger charge is -2.33. The van der Waals surface area contributed by atoms with E-state index in [2.05, 4.69) is 4.89 Å². The van der Waals surface area contributed by atoms with Crippen LogP contribution < -0.4 is 0 Å². The minimum Gasteiger partial charge on any atom is -0.389 e. The van der Waals surface area contributed by atoms with Crippen molar-refractivity contribution in [2.24, 2.45) is 0 Å². The molecule has 0 spiro atoms. The van der Waals surface area contributed by atoms with Gasteiger partial charge in [0, 0.05) is 6.42 Å². The zero-order valence-electron chi connectivity index (χ0n) is 7.58. The molecule has 0 bridgehead atoms. The van der Waals surface area contributed by atoms with Crippen LogP contribution in [0, 0.1) is 0 Å². The first-order valence-electron chi connectivity index (χ1n) is 4.30. The highest BCUT2D eigenvalue weighted by Crippen LogP contribution is 2.31. The summed E-state index contributed by atoms with van der Waals surface area (Å²) in [5, 5.41) is 18.4. The van der Waals surface area contributed by atoms with Crippen LogP contribution in [0.3, 0.4) is 0 Å². The zero-order chi connectivity index (χ0) is 9.19. The largest absolute Gasteiger partial charge is 0.389 e. The second kappa shape index (κ2) is 3.56. The van der Waals surface area contributed by atoms with Crippen molar-refractivity contribution in [1.82, 2.24) is 0 Å². The van der Waals surface area contributed by atoms with Crippen LogP contribution in [-0.2, 0) is 4.89 Å². The Morgan fingerprint density at radius 2 is 2.42 bits per heavy atom. The first-order chi connectivity index (χ1) is 5.61. The lowest BCUT2D eigenvalue weighted by atomic mass is 9.82. The molecule has 0 heterocycles. The fourth-order valence-electron chi connectivity index (χ4n) is 1.48. The third kappa shape index (κ3) is 1.86. The molecular formula is C9H16O3. The second-order valence-electron chi connectivity index (χ2n) is 3.53. The van der Waals surface area contributed by atoms with Gasteiger partial charge in [0.15, 0.2) is 0 Å². The van der Waals surface area contributed by atoms with Crippen molar-refractivity contribution in [3.63, 3.8) is 0 Å². The van der Waals surface area contributed by atoms with Gasteiger partial charge in [-0.2, -0.15) is 0 Å². The summed E-state index contributed by atoms with van der Waals surface area (Å²) in [6.07, 6.45) is 3.44. The van der Waals surface area contributed by atoms with E-state index in [1.807, 2.05) is 19.9 Å². The van der Waals surface area contributed by atoms with Crippen LogP contribution in [0.25, 0.3) is 0 Å². The molecule has 0 aromatic heterocycles. The Balaban J connectivity index is 2.70. The molecule has 3 nitrogen and oxygen atoms in total. The van der Waals surface area contributed by atoms with Gasteiger partial charge in [0.1, 0.15) is 6.10 Å². The van der Waals surface area contributed by atoms with Crippen LogP contribution >= 0.6 is 0 Å². The Morgan fingerprint density at radius 3 is 2.92 bits per heavy atom. The molecule has 0 aliphatic heterocycles. The van der Waals surface area contributed by atoms with Gasteiger partial charge in [-0.05, 0) is 25.3 Å². The molecule has 0 amide bonds. The highest BCUT2D eigenvalue weighted by atomic mass is 17.1. The molecule has 1 rings (SSSR count). The van der Waals surface area contributed by atoms with E-state index >= 15 is 0 Å². The summed E-state index contributed by atoms with van der Waals surface area (Å²) >= 11 is 0. The molecule has 0 radical (unpaired) electrons. The Labute approximate surface area is 72.6 Å². The summed E-state index contributed by atoms with van der Waals surface area (Å²) in [7, 11) is 0. The molecule has 0 aromatic rings. The summed E-state index contributed by atoms with van der Waals surface area (Å²) in [6.45, 7) is 3.83. The van der Waals surface area contributed by atoms with Gasteiger partial charge in [-0.3, -0.25) is 5.26 Å². The van der Waals surface area contributed by atoms with Crippen molar-refractivity contribution in [3.8, 4) is 0 Å². The van der Waals surface area contributed by atoms with Gasteiger partial charge in [0.05, 0.1) is 5.60 Å². The molecule has 2 N–H and O–H groups in total. The molecule has 1 aliphatic rings. The van der Waals surface area contributed by atoms with E-state index < -0.39 is 5.60 Å². The Kier molecular flexibility index (Phi) is 2.88. The highest BCUT2D eigenvalue weighted by Gasteiger charge is 2.32. The summed E-state index contributed by atoms with van der Waals surface area (Å²) in [5.74, 6) is 0. The highest BCUT2D eigenvalue weighted by molar-refractivity contribution is 5.13. The summed E-state index contributed by atoms with van der Waals surface area (Å²) < 4.78 is 0. The molecule has 0 saturated carbocycles. The van der Waals surface area contributed by atoms with Crippen molar-refractivity contribution in [2.75, 3.05) is 0 Å². The molecule has 0 aromatic carbocycles. The van der Waals surface area contributed by atoms with Gasteiger partial charge in [0.2, 0.25) is 0 Å². The SMILES string of the molecule is CCC1(O)CC=C(C)C(OO)C1. The van der Waals surface area contributed by atoms with E-state index in [0.717, 1.165) is 5.57 Å². The first kappa shape index (κ1) is 9.71. The van der Waals surface area contributed by atoms with Crippen molar-refractivity contribution < 1.29 is 15.3 Å². The molecule has 70 valence electrons. The minimum atomic E-state index is -0.688. The molecular weight excluding hydrogens is 156 g/mol. The molecule has 3 heteroatoms. The number of rotatable bonds is 2. The summed E-state index contributed by atoms with van der Waals surface area (Å²) in [5.41, 5.74) is 0.308. The van der Waals surface area contributed by atoms with Crippen molar-refractivity contribution >= 4 is 0 Å². The summed E-state index contributed by atoms with van der Waals surface area (Å²) in [6, 6.07) is 0. The standard InChI is InChI=1S/C9H16O3/c1-3-9(10)5-4-7(2)8(6-9)12-11/h4,8,10-11H,3,5-6H2,1-2H3. The molecule has 1 aliphatic carbocycles. The maximum atomic E-state index is 9.86. The quantitative estimate of drug-likeness (QED) is 0.379. The van der Waals surface area contributed by atoms with Crippen LogP contribution in [0.15, 0.2) is 11.6 Å². The Morgan fingerprint density at radius 1 is 1.75 bits per heavy atom. The zero-order valence-corrected chi connectivity index (χ0v) is 7.58. The lowest BCUT2D eigenvalue weighted by Crippen LogP contribution is -2.36. The van der Waals surface area contributed by atoms with Gasteiger partial charge < -0.3 is 5.11 Å². The minimum absolute atomic E-state index is 0.330. The topological polar surface area (TPSA) is 49.7 Å². The van der Waals surface area contributed by atoms with Crippen LogP contribution in [-0.4, -0.2) is 22.1 Å². The number of hydrogen-bond donors (Lipinski definition) is 2. The molecule has 0 fully saturated rings. The second-order valence-corrected chi connectivity index (χ2v) is 3.53. The lowest BCUT2D eigenvalue weighted by molar-refractivity contribution is -0.278. The van der Waals surface area contributed by atoms with E-state index in [4.69, 9.17) is 5.26 Å². The van der Waals surface area contributed by atoms with Gasteiger partial charge in [-0.25, -0.2) is 4.89 Å². The monoisotopic (exact) mass is 172 g/mol. The Hall–Kier alpha value is -0.380. The molecule has 0 saturated heterocycles. The average molecular weight is 172 g/mol. The van der Waals surface area contributed by atoms with Gasteiger partial charge >= 0.3 is 0 Å². The molecule has 2 unspecified atom stereocenters. The third-order valence-electron chi connectivity index (χ3n) is 2.66. The predicted molar refractivity (Wildman–Crippen MR) is 45.7 cm³/mol. The van der Waals surface area contributed by atoms with Gasteiger partial charge in [0.25, 0.3) is 0 Å². The van der Waals surface area contributed by atoms with Crippen molar-refractivity contribution in [1.29, 1.82) is 0 Å².